The first-order chi connectivity index (χ1) is 10.8. The van der Waals surface area contributed by atoms with Gasteiger partial charge in [0, 0.05) is 5.56 Å². The molecule has 0 aliphatic carbocycles. The Labute approximate surface area is 151 Å². The summed E-state index contributed by atoms with van der Waals surface area (Å²) in [6.45, 7) is 2.01. The van der Waals surface area contributed by atoms with Crippen LogP contribution in [0.2, 0.25) is 0 Å². The molecule has 0 radical (unpaired) electrons. The Balaban J connectivity index is 0.00000192. The Hall–Kier alpha value is -1.64. The topological polar surface area (TPSA) is 17.1 Å². The van der Waals surface area contributed by atoms with Gasteiger partial charge in [0.2, 0.25) is 0 Å². The molecule has 1 unspecified atom stereocenters. The molecule has 3 aromatic carbocycles. The van der Waals surface area contributed by atoms with E-state index in [0.29, 0.717) is 0 Å². The zero-order chi connectivity index (χ0) is 15.4. The second-order valence-corrected chi connectivity index (χ2v) is 6.47. The number of aryl methyl sites for hydroxylation is 1. The number of carbonyl (C=O) groups is 1. The van der Waals surface area contributed by atoms with Crippen LogP contribution < -0.4 is 5.30 Å². The van der Waals surface area contributed by atoms with Crippen LogP contribution in [0.3, 0.4) is 0 Å². The normalized spacial score (nSPS) is 10.5. The van der Waals surface area contributed by atoms with Crippen molar-refractivity contribution in [2.45, 2.75) is 6.92 Å². The number of rotatable bonds is 4. The van der Waals surface area contributed by atoms with Gasteiger partial charge in [-0.2, -0.15) is 0 Å². The predicted octanol–water partition coefficient (Wildman–Crippen LogP) is 4.16. The maximum absolute atomic E-state index is 12.8. The van der Waals surface area contributed by atoms with E-state index < -0.39 is 0 Å². The van der Waals surface area contributed by atoms with Crippen molar-refractivity contribution < 1.29 is 4.79 Å². The van der Waals surface area contributed by atoms with Crippen molar-refractivity contribution in [3.05, 3.63) is 90.0 Å². The van der Waals surface area contributed by atoms with Crippen LogP contribution in [0.5, 0.6) is 0 Å². The van der Waals surface area contributed by atoms with Crippen LogP contribution in [0, 0.1) is 6.92 Å². The first-order valence-corrected chi connectivity index (χ1v) is 8.27. The van der Waals surface area contributed by atoms with Crippen LogP contribution in [-0.4, -0.2) is 24.4 Å². The van der Waals surface area contributed by atoms with Gasteiger partial charge in [-0.3, -0.25) is 4.79 Å². The summed E-state index contributed by atoms with van der Waals surface area (Å²) in [4.78, 5) is 12.8. The van der Waals surface area contributed by atoms with Crippen molar-refractivity contribution in [3.63, 3.8) is 0 Å². The zero-order valence-electron chi connectivity index (χ0n) is 12.4. The summed E-state index contributed by atoms with van der Waals surface area (Å²) in [6, 6.07) is 26.1. The van der Waals surface area contributed by atoms with E-state index in [0.717, 1.165) is 27.6 Å². The summed E-state index contributed by atoms with van der Waals surface area (Å²) >= 11 is 0. The van der Waals surface area contributed by atoms with E-state index in [1.54, 1.807) is 0 Å². The predicted molar refractivity (Wildman–Crippen MR) is 102 cm³/mol. The van der Waals surface area contributed by atoms with E-state index in [1.807, 2.05) is 73.7 Å². The molecule has 0 aliphatic heterocycles. The number of hydrogen-bond donors (Lipinski definition) is 0. The molecule has 0 aromatic heterocycles. The summed E-state index contributed by atoms with van der Waals surface area (Å²) < 4.78 is 0. The molecule has 3 aromatic rings. The fraction of sp³-hybridized carbons (Fsp3) is 0.0500. The van der Waals surface area contributed by atoms with Crippen molar-refractivity contribution >= 4 is 38.3 Å². The Morgan fingerprint density at radius 3 is 2.04 bits per heavy atom. The molecule has 0 saturated carbocycles. The van der Waals surface area contributed by atoms with Crippen molar-refractivity contribution in [1.29, 1.82) is 0 Å². The van der Waals surface area contributed by atoms with Gasteiger partial charge in [-0.25, -0.2) is 0 Å². The van der Waals surface area contributed by atoms with E-state index in [1.165, 1.54) is 0 Å². The third-order valence-electron chi connectivity index (χ3n) is 3.62. The molecule has 0 heterocycles. The van der Waals surface area contributed by atoms with E-state index in [-0.39, 0.29) is 33.0 Å². The summed E-state index contributed by atoms with van der Waals surface area (Å²) in [6.07, 6.45) is 0. The molecule has 0 amide bonds. The maximum atomic E-state index is 12.8. The van der Waals surface area contributed by atoms with Crippen LogP contribution in [-0.2, 0) is 0 Å². The van der Waals surface area contributed by atoms with Crippen molar-refractivity contribution in [3.8, 4) is 11.1 Å². The molecule has 0 spiro atoms. The van der Waals surface area contributed by atoms with Crippen molar-refractivity contribution in [1.82, 2.24) is 0 Å². The molecule has 3 heteroatoms. The van der Waals surface area contributed by atoms with Gasteiger partial charge in [0.1, 0.15) is 0 Å². The molecule has 23 heavy (non-hydrogen) atoms. The first-order valence-electron chi connectivity index (χ1n) is 7.27. The van der Waals surface area contributed by atoms with Crippen LogP contribution in [0.25, 0.3) is 11.1 Å². The second-order valence-electron chi connectivity index (χ2n) is 5.18. The van der Waals surface area contributed by atoms with Crippen LogP contribution >= 0.6 is 8.58 Å². The monoisotopic (exact) mass is 312 g/mol. The van der Waals surface area contributed by atoms with Crippen LogP contribution in [0.15, 0.2) is 78.9 Å². The second kappa shape index (κ2) is 8.28. The molecule has 0 N–H and O–H groups in total. The zero-order valence-corrected chi connectivity index (χ0v) is 13.4. The van der Waals surface area contributed by atoms with Crippen molar-refractivity contribution in [2.24, 2.45) is 0 Å². The van der Waals surface area contributed by atoms with Gasteiger partial charge in [-0.15, -0.1) is 0 Å². The standard InChI is InChI=1S/C20H17OP.Li.H/c1-15-9-8-14-18(16-10-4-2-5-11-16)19(15)20(21)22-17-12-6-3-7-13-17;;/h2-14,22H,1H3;;. The fourth-order valence-corrected chi connectivity index (χ4v) is 3.62. The van der Waals surface area contributed by atoms with Gasteiger partial charge in [-0.1, -0.05) is 78.9 Å². The van der Waals surface area contributed by atoms with Crippen LogP contribution in [0.4, 0.5) is 0 Å². The minimum atomic E-state index is 0. The molecule has 1 atom stereocenters. The molecule has 0 fully saturated rings. The average molecular weight is 312 g/mol. The molecular formula is C20H18LiOP. The molecule has 1 nitrogen and oxygen atoms in total. The fourth-order valence-electron chi connectivity index (χ4n) is 2.54. The quantitative estimate of drug-likeness (QED) is 0.522. The molecule has 0 bridgehead atoms. The molecule has 0 aliphatic rings. The van der Waals surface area contributed by atoms with Gasteiger partial charge < -0.3 is 0 Å². The van der Waals surface area contributed by atoms with E-state index in [2.05, 4.69) is 12.1 Å². The summed E-state index contributed by atoms with van der Waals surface area (Å²) in [5.41, 5.74) is 4.19. The summed E-state index contributed by atoms with van der Waals surface area (Å²) in [5.74, 6) is 0. The van der Waals surface area contributed by atoms with Gasteiger partial charge in [0.25, 0.3) is 0 Å². The Morgan fingerprint density at radius 1 is 0.783 bits per heavy atom. The minimum absolute atomic E-state index is 0. The van der Waals surface area contributed by atoms with Gasteiger partial charge in [0.05, 0.1) is 0 Å². The number of benzene rings is 3. The third-order valence-corrected chi connectivity index (χ3v) is 4.72. The Morgan fingerprint density at radius 2 is 1.39 bits per heavy atom. The first kappa shape index (κ1) is 17.7. The third kappa shape index (κ3) is 4.21. The van der Waals surface area contributed by atoms with Crippen molar-refractivity contribution in [2.75, 3.05) is 0 Å². The van der Waals surface area contributed by atoms with Gasteiger partial charge in [-0.05, 0) is 37.5 Å². The van der Waals surface area contributed by atoms with E-state index >= 15 is 0 Å². The molecule has 0 saturated heterocycles. The molecule has 3 rings (SSSR count). The number of hydrogen-bond acceptors (Lipinski definition) is 1. The van der Waals surface area contributed by atoms with Crippen LogP contribution in [0.1, 0.15) is 15.9 Å². The summed E-state index contributed by atoms with van der Waals surface area (Å²) in [7, 11) is 0.154. The van der Waals surface area contributed by atoms with E-state index in [9.17, 15) is 4.79 Å². The SMILES string of the molecule is Cc1cccc(-c2ccccc2)c1C(=O)Pc1ccccc1.[LiH]. The van der Waals surface area contributed by atoms with Gasteiger partial charge in [0.15, 0.2) is 5.52 Å². The Bertz CT molecular complexity index is 785. The molecule has 110 valence electrons. The number of carbonyl (C=O) groups excluding carboxylic acids is 1. The van der Waals surface area contributed by atoms with E-state index in [4.69, 9.17) is 0 Å². The summed E-state index contributed by atoms with van der Waals surface area (Å²) in [5, 5.41) is 1.08. The van der Waals surface area contributed by atoms with Gasteiger partial charge >= 0.3 is 18.9 Å². The average Bonchev–Trinajstić information content (AvgIpc) is 2.56. The molecular weight excluding hydrogens is 294 g/mol. The Kier molecular flexibility index (Phi) is 6.37.